The fourth-order valence-electron chi connectivity index (χ4n) is 1.88. The highest BCUT2D eigenvalue weighted by atomic mass is 16.7. The summed E-state index contributed by atoms with van der Waals surface area (Å²) in [6, 6.07) is 18.4. The normalized spacial score (nSPS) is 12.8. The number of rotatable bonds is 7. The van der Waals surface area contributed by atoms with Crippen LogP contribution in [-0.2, 0) is 9.53 Å². The largest absolute Gasteiger partial charge is 0.486 e. The Morgan fingerprint density at radius 1 is 0.870 bits per heavy atom. The predicted molar refractivity (Wildman–Crippen MR) is 88.3 cm³/mol. The van der Waals surface area contributed by atoms with E-state index >= 15 is 0 Å². The van der Waals surface area contributed by atoms with Crippen LogP contribution < -0.4 is 9.47 Å². The van der Waals surface area contributed by atoms with Gasteiger partial charge in [-0.15, -0.1) is 0 Å². The van der Waals surface area contributed by atoms with Crippen molar-refractivity contribution in [1.82, 2.24) is 0 Å². The van der Waals surface area contributed by atoms with Crippen molar-refractivity contribution in [3.63, 3.8) is 0 Å². The van der Waals surface area contributed by atoms with E-state index in [0.717, 1.165) is 0 Å². The second-order valence-electron chi connectivity index (χ2n) is 5.00. The molecule has 0 aliphatic heterocycles. The zero-order valence-electron chi connectivity index (χ0n) is 13.3. The van der Waals surface area contributed by atoms with Gasteiger partial charge in [0.2, 0.25) is 6.29 Å². The number of carbonyl (C=O) groups excluding carboxylic acids is 1. The minimum absolute atomic E-state index is 0.234. The van der Waals surface area contributed by atoms with Crippen LogP contribution in [0.15, 0.2) is 72.8 Å². The molecule has 4 nitrogen and oxygen atoms in total. The molecule has 0 fully saturated rings. The molecule has 0 aromatic heterocycles. The van der Waals surface area contributed by atoms with Crippen LogP contribution in [-0.4, -0.2) is 18.4 Å². The topological polar surface area (TPSA) is 44.8 Å². The molecule has 0 aliphatic carbocycles. The fourth-order valence-corrected chi connectivity index (χ4v) is 1.88. The summed E-state index contributed by atoms with van der Waals surface area (Å²) in [5.41, 5.74) is 0.234. The van der Waals surface area contributed by atoms with Crippen molar-refractivity contribution in [2.24, 2.45) is 0 Å². The van der Waals surface area contributed by atoms with Crippen molar-refractivity contribution in [2.45, 2.75) is 26.2 Å². The third-order valence-electron chi connectivity index (χ3n) is 3.13. The number of esters is 1. The first-order valence-corrected chi connectivity index (χ1v) is 7.39. The molecule has 2 atom stereocenters. The van der Waals surface area contributed by atoms with E-state index in [1.165, 1.54) is 0 Å². The number of hydrogen-bond acceptors (Lipinski definition) is 4. The molecule has 0 spiro atoms. The number of para-hydroxylation sites is 2. The molecular weight excluding hydrogens is 292 g/mol. The molecule has 0 amide bonds. The molecule has 2 unspecified atom stereocenters. The first-order valence-electron chi connectivity index (χ1n) is 7.39. The van der Waals surface area contributed by atoms with E-state index < -0.39 is 18.4 Å². The van der Waals surface area contributed by atoms with Crippen molar-refractivity contribution < 1.29 is 19.0 Å². The predicted octanol–water partition coefficient (Wildman–Crippen LogP) is 3.98. The highest BCUT2D eigenvalue weighted by Crippen LogP contribution is 2.16. The molecule has 0 N–H and O–H groups in total. The second kappa shape index (κ2) is 8.03. The summed E-state index contributed by atoms with van der Waals surface area (Å²) >= 11 is 0. The van der Waals surface area contributed by atoms with Crippen molar-refractivity contribution in [1.29, 1.82) is 0 Å². The molecule has 0 aliphatic rings. The summed E-state index contributed by atoms with van der Waals surface area (Å²) in [5.74, 6) is 0.756. The van der Waals surface area contributed by atoms with Crippen LogP contribution in [0.2, 0.25) is 0 Å². The molecule has 23 heavy (non-hydrogen) atoms. The lowest BCUT2D eigenvalue weighted by Crippen LogP contribution is -2.27. The van der Waals surface area contributed by atoms with Crippen LogP contribution in [0, 0.1) is 0 Å². The lowest BCUT2D eigenvalue weighted by atomic mass is 10.2. The molecule has 2 aromatic carbocycles. The Labute approximate surface area is 136 Å². The third-order valence-corrected chi connectivity index (χ3v) is 3.13. The molecule has 0 heterocycles. The van der Waals surface area contributed by atoms with Gasteiger partial charge in [-0.05, 0) is 31.2 Å². The highest BCUT2D eigenvalue weighted by molar-refractivity contribution is 5.88. The lowest BCUT2D eigenvalue weighted by Gasteiger charge is -2.19. The van der Waals surface area contributed by atoms with E-state index in [1.54, 1.807) is 26.0 Å². The van der Waals surface area contributed by atoms with Crippen molar-refractivity contribution in [3.8, 4) is 11.5 Å². The van der Waals surface area contributed by atoms with Crippen molar-refractivity contribution >= 4 is 5.97 Å². The Hall–Kier alpha value is -2.75. The molecule has 2 aromatic rings. The van der Waals surface area contributed by atoms with Gasteiger partial charge in [-0.3, -0.25) is 0 Å². The van der Waals surface area contributed by atoms with Gasteiger partial charge in [0.05, 0.1) is 5.57 Å². The third kappa shape index (κ3) is 5.18. The summed E-state index contributed by atoms with van der Waals surface area (Å²) in [7, 11) is 0. The fraction of sp³-hybridized carbons (Fsp3) is 0.211. The van der Waals surface area contributed by atoms with E-state index in [2.05, 4.69) is 6.58 Å². The standard InChI is InChI=1S/C19H20O4/c1-14(15(2)21-17-10-6-4-7-11-17)19(20)23-16(3)22-18-12-8-5-9-13-18/h4-13,15-16H,1H2,2-3H3. The van der Waals surface area contributed by atoms with Gasteiger partial charge in [0.15, 0.2) is 0 Å². The smallest absolute Gasteiger partial charge is 0.340 e. The maximum Gasteiger partial charge on any atom is 0.340 e. The van der Waals surface area contributed by atoms with Gasteiger partial charge in [0.25, 0.3) is 0 Å². The van der Waals surface area contributed by atoms with Gasteiger partial charge < -0.3 is 14.2 Å². The van der Waals surface area contributed by atoms with Gasteiger partial charge in [-0.2, -0.15) is 0 Å². The molecule has 0 bridgehead atoms. The SMILES string of the molecule is C=C(C(=O)OC(C)Oc1ccccc1)C(C)Oc1ccccc1. The molecule has 4 heteroatoms. The van der Waals surface area contributed by atoms with Crippen LogP contribution in [0.3, 0.4) is 0 Å². The summed E-state index contributed by atoms with van der Waals surface area (Å²) in [5, 5.41) is 0. The zero-order chi connectivity index (χ0) is 16.7. The maximum atomic E-state index is 12.1. The average molecular weight is 312 g/mol. The molecule has 0 saturated heterocycles. The maximum absolute atomic E-state index is 12.1. The summed E-state index contributed by atoms with van der Waals surface area (Å²) in [6.07, 6.45) is -1.21. The van der Waals surface area contributed by atoms with Gasteiger partial charge in [0, 0.05) is 6.92 Å². The molecule has 2 rings (SSSR count). The Morgan fingerprint density at radius 3 is 1.87 bits per heavy atom. The minimum Gasteiger partial charge on any atom is -0.486 e. The molecular formula is C19H20O4. The van der Waals surface area contributed by atoms with Gasteiger partial charge in [0.1, 0.15) is 17.6 Å². The van der Waals surface area contributed by atoms with Gasteiger partial charge in [-0.1, -0.05) is 43.0 Å². The summed E-state index contributed by atoms with van der Waals surface area (Å²) < 4.78 is 16.4. The van der Waals surface area contributed by atoms with Crippen molar-refractivity contribution in [3.05, 3.63) is 72.8 Å². The molecule has 120 valence electrons. The van der Waals surface area contributed by atoms with E-state index in [0.29, 0.717) is 11.5 Å². The monoisotopic (exact) mass is 312 g/mol. The summed E-state index contributed by atoms with van der Waals surface area (Å²) in [4.78, 5) is 12.1. The van der Waals surface area contributed by atoms with Crippen LogP contribution in [0.25, 0.3) is 0 Å². The van der Waals surface area contributed by atoms with Gasteiger partial charge in [-0.25, -0.2) is 4.79 Å². The number of hydrogen-bond donors (Lipinski definition) is 0. The molecule has 0 radical (unpaired) electrons. The Balaban J connectivity index is 1.85. The van der Waals surface area contributed by atoms with Crippen LogP contribution in [0.4, 0.5) is 0 Å². The van der Waals surface area contributed by atoms with E-state index in [1.807, 2.05) is 48.5 Å². The number of benzene rings is 2. The number of ether oxygens (including phenoxy) is 3. The average Bonchev–Trinajstić information content (AvgIpc) is 2.55. The summed E-state index contributed by atoms with van der Waals surface area (Å²) in [6.45, 7) is 7.16. The number of carbonyl (C=O) groups is 1. The second-order valence-corrected chi connectivity index (χ2v) is 5.00. The van der Waals surface area contributed by atoms with E-state index in [-0.39, 0.29) is 5.57 Å². The Bertz CT molecular complexity index is 637. The van der Waals surface area contributed by atoms with Crippen LogP contribution >= 0.6 is 0 Å². The quantitative estimate of drug-likeness (QED) is 0.441. The first-order chi connectivity index (χ1) is 11.1. The van der Waals surface area contributed by atoms with Crippen LogP contribution in [0.5, 0.6) is 11.5 Å². The van der Waals surface area contributed by atoms with Gasteiger partial charge >= 0.3 is 5.97 Å². The minimum atomic E-state index is -0.717. The van der Waals surface area contributed by atoms with Crippen molar-refractivity contribution in [2.75, 3.05) is 0 Å². The van der Waals surface area contributed by atoms with Crippen LogP contribution in [0.1, 0.15) is 13.8 Å². The van der Waals surface area contributed by atoms with E-state index in [4.69, 9.17) is 14.2 Å². The van der Waals surface area contributed by atoms with E-state index in [9.17, 15) is 4.79 Å². The Morgan fingerprint density at radius 2 is 1.35 bits per heavy atom. The highest BCUT2D eigenvalue weighted by Gasteiger charge is 2.20. The lowest BCUT2D eigenvalue weighted by molar-refractivity contribution is -0.157. The Kier molecular flexibility index (Phi) is 5.80. The zero-order valence-corrected chi connectivity index (χ0v) is 13.3. The first kappa shape index (κ1) is 16.6. The molecule has 0 saturated carbocycles.